The van der Waals surface area contributed by atoms with Gasteiger partial charge in [0.1, 0.15) is 10.3 Å². The Labute approximate surface area is 128 Å². The van der Waals surface area contributed by atoms with Crippen LogP contribution in [-0.2, 0) is 0 Å². The number of nitrogens with one attached hydrogen (secondary N) is 1. The van der Waals surface area contributed by atoms with Crippen LogP contribution in [0.15, 0.2) is 41.1 Å². The highest BCUT2D eigenvalue weighted by molar-refractivity contribution is 9.10. The molecule has 7 nitrogen and oxygen atoms in total. The molecule has 1 N–H and O–H groups in total. The Hall–Kier alpha value is -2.48. The molecule has 0 fully saturated rings. The Morgan fingerprint density at radius 2 is 2.19 bits per heavy atom. The summed E-state index contributed by atoms with van der Waals surface area (Å²) in [6, 6.07) is 8.63. The molecule has 3 heterocycles. The summed E-state index contributed by atoms with van der Waals surface area (Å²) in [5.74, 6) is 0.362. The normalized spacial score (nSPS) is 10.6. The lowest BCUT2D eigenvalue weighted by Crippen LogP contribution is -2.14. The van der Waals surface area contributed by atoms with Crippen molar-refractivity contribution in [3.63, 3.8) is 0 Å². The number of hydrogen-bond acceptors (Lipinski definition) is 5. The van der Waals surface area contributed by atoms with Crippen molar-refractivity contribution < 1.29 is 9.53 Å². The van der Waals surface area contributed by atoms with Gasteiger partial charge in [-0.15, -0.1) is 5.10 Å². The third-order valence-electron chi connectivity index (χ3n) is 2.74. The van der Waals surface area contributed by atoms with Gasteiger partial charge in [0.05, 0.1) is 7.11 Å². The minimum atomic E-state index is -0.374. The number of nitrogens with zero attached hydrogens (tertiary/aromatic N) is 4. The molecule has 0 aliphatic heterocycles. The Kier molecular flexibility index (Phi) is 3.53. The molecule has 0 saturated carbocycles. The largest absolute Gasteiger partial charge is 0.493 e. The van der Waals surface area contributed by atoms with E-state index in [2.05, 4.69) is 36.3 Å². The van der Waals surface area contributed by atoms with Crippen LogP contribution in [0.1, 0.15) is 10.5 Å². The van der Waals surface area contributed by atoms with Gasteiger partial charge in [0, 0.05) is 6.20 Å². The highest BCUT2D eigenvalue weighted by atomic mass is 79.9. The van der Waals surface area contributed by atoms with Crippen molar-refractivity contribution in [2.45, 2.75) is 0 Å². The van der Waals surface area contributed by atoms with Gasteiger partial charge in [-0.05, 0) is 40.2 Å². The van der Waals surface area contributed by atoms with Crippen molar-refractivity contribution in [3.8, 4) is 5.75 Å². The van der Waals surface area contributed by atoms with Crippen molar-refractivity contribution >= 4 is 33.4 Å². The van der Waals surface area contributed by atoms with E-state index in [9.17, 15) is 4.79 Å². The molecule has 106 valence electrons. The van der Waals surface area contributed by atoms with Crippen LogP contribution in [-0.4, -0.2) is 32.6 Å². The van der Waals surface area contributed by atoms with E-state index in [0.717, 1.165) is 0 Å². The summed E-state index contributed by atoms with van der Waals surface area (Å²) in [5.41, 5.74) is 0.797. The predicted molar refractivity (Wildman–Crippen MR) is 79.4 cm³/mol. The van der Waals surface area contributed by atoms with Gasteiger partial charge in [0.15, 0.2) is 5.75 Å². The van der Waals surface area contributed by atoms with Gasteiger partial charge in [0.2, 0.25) is 11.6 Å². The lowest BCUT2D eigenvalue weighted by atomic mass is 10.3. The lowest BCUT2D eigenvalue weighted by molar-refractivity contribution is 0.102. The summed E-state index contributed by atoms with van der Waals surface area (Å²) in [7, 11) is 1.55. The van der Waals surface area contributed by atoms with E-state index in [4.69, 9.17) is 4.74 Å². The SMILES string of the molecule is COc1ccc(Br)n2nc(NC(=O)c3ccccn3)nc12. The van der Waals surface area contributed by atoms with Crippen molar-refractivity contribution in [2.75, 3.05) is 12.4 Å². The molecule has 0 aliphatic carbocycles. The molecule has 3 rings (SSSR count). The number of amides is 1. The van der Waals surface area contributed by atoms with Gasteiger partial charge in [-0.2, -0.15) is 4.98 Å². The maximum atomic E-state index is 12.0. The van der Waals surface area contributed by atoms with Crippen LogP contribution in [0.25, 0.3) is 5.65 Å². The zero-order valence-electron chi connectivity index (χ0n) is 10.9. The van der Waals surface area contributed by atoms with Crippen LogP contribution in [0.4, 0.5) is 5.95 Å². The Morgan fingerprint density at radius 1 is 1.33 bits per heavy atom. The number of carbonyl (C=O) groups excluding carboxylic acids is 1. The number of pyridine rings is 2. The summed E-state index contributed by atoms with van der Waals surface area (Å²) in [6.07, 6.45) is 1.55. The first-order chi connectivity index (χ1) is 10.2. The molecular weight excluding hydrogens is 338 g/mol. The average molecular weight is 348 g/mol. The maximum absolute atomic E-state index is 12.0. The fourth-order valence-corrected chi connectivity index (χ4v) is 2.16. The molecule has 0 atom stereocenters. The number of methoxy groups -OCH3 is 1. The van der Waals surface area contributed by atoms with Crippen molar-refractivity contribution in [3.05, 3.63) is 46.8 Å². The third-order valence-corrected chi connectivity index (χ3v) is 3.35. The molecule has 0 bridgehead atoms. The van der Waals surface area contributed by atoms with Crippen LogP contribution >= 0.6 is 15.9 Å². The monoisotopic (exact) mass is 347 g/mol. The number of hydrogen-bond donors (Lipinski definition) is 1. The van der Waals surface area contributed by atoms with E-state index in [0.29, 0.717) is 21.7 Å². The fourth-order valence-electron chi connectivity index (χ4n) is 1.79. The molecule has 0 unspecified atom stereocenters. The minimum absolute atomic E-state index is 0.177. The quantitative estimate of drug-likeness (QED) is 0.734. The molecule has 0 aromatic carbocycles. The number of carbonyl (C=O) groups is 1. The summed E-state index contributed by atoms with van der Waals surface area (Å²) in [4.78, 5) is 20.2. The first-order valence-electron chi connectivity index (χ1n) is 6.00. The molecule has 3 aromatic rings. The highest BCUT2D eigenvalue weighted by Crippen LogP contribution is 2.23. The third kappa shape index (κ3) is 2.57. The number of ether oxygens (including phenoxy) is 1. The second-order valence-corrected chi connectivity index (χ2v) is 4.88. The van der Waals surface area contributed by atoms with Crippen LogP contribution in [0.3, 0.4) is 0 Å². The van der Waals surface area contributed by atoms with Crippen LogP contribution in [0.2, 0.25) is 0 Å². The van der Waals surface area contributed by atoms with Gasteiger partial charge >= 0.3 is 0 Å². The summed E-state index contributed by atoms with van der Waals surface area (Å²) in [5, 5.41) is 6.81. The standard InChI is InChI=1S/C13H10BrN5O2/c1-21-9-5-6-10(14)19-11(9)16-13(18-19)17-12(20)8-4-2-3-7-15-8/h2-7H,1H3,(H,17,18,20). The highest BCUT2D eigenvalue weighted by Gasteiger charge is 2.14. The van der Waals surface area contributed by atoms with Gasteiger partial charge in [-0.3, -0.25) is 15.1 Å². The number of halogens is 1. The van der Waals surface area contributed by atoms with Gasteiger partial charge < -0.3 is 4.74 Å². The topological polar surface area (TPSA) is 81.4 Å². The zero-order chi connectivity index (χ0) is 14.8. The molecule has 3 aromatic heterocycles. The van der Waals surface area contributed by atoms with Gasteiger partial charge in [0.25, 0.3) is 5.91 Å². The van der Waals surface area contributed by atoms with E-state index in [1.54, 1.807) is 43.6 Å². The molecule has 0 radical (unpaired) electrons. The first kappa shape index (κ1) is 13.5. The zero-order valence-corrected chi connectivity index (χ0v) is 12.5. The molecule has 8 heteroatoms. The fraction of sp³-hybridized carbons (Fsp3) is 0.0769. The maximum Gasteiger partial charge on any atom is 0.276 e. The molecule has 1 amide bonds. The van der Waals surface area contributed by atoms with Crippen LogP contribution < -0.4 is 10.1 Å². The minimum Gasteiger partial charge on any atom is -0.493 e. The Morgan fingerprint density at radius 3 is 2.90 bits per heavy atom. The van der Waals surface area contributed by atoms with Gasteiger partial charge in [-0.25, -0.2) is 4.52 Å². The number of fused-ring (bicyclic) bond motifs is 1. The molecule has 0 saturated heterocycles. The lowest BCUT2D eigenvalue weighted by Gasteiger charge is -2.01. The second kappa shape index (κ2) is 5.49. The molecular formula is C13H10BrN5O2. The van der Waals surface area contributed by atoms with E-state index in [-0.39, 0.29) is 11.9 Å². The smallest absolute Gasteiger partial charge is 0.276 e. The van der Waals surface area contributed by atoms with Crippen molar-refractivity contribution in [2.24, 2.45) is 0 Å². The Bertz CT molecular complexity index is 803. The van der Waals surface area contributed by atoms with E-state index < -0.39 is 0 Å². The molecule has 0 spiro atoms. The number of anilines is 1. The molecule has 0 aliphatic rings. The summed E-state index contributed by atoms with van der Waals surface area (Å²) < 4.78 is 7.45. The molecule has 21 heavy (non-hydrogen) atoms. The second-order valence-electron chi connectivity index (χ2n) is 4.06. The van der Waals surface area contributed by atoms with E-state index >= 15 is 0 Å². The first-order valence-corrected chi connectivity index (χ1v) is 6.80. The van der Waals surface area contributed by atoms with Crippen LogP contribution in [0, 0.1) is 0 Å². The summed E-state index contributed by atoms with van der Waals surface area (Å²) in [6.45, 7) is 0. The number of aromatic nitrogens is 4. The average Bonchev–Trinajstić information content (AvgIpc) is 2.93. The van der Waals surface area contributed by atoms with Gasteiger partial charge in [-0.1, -0.05) is 6.07 Å². The van der Waals surface area contributed by atoms with Crippen molar-refractivity contribution in [1.29, 1.82) is 0 Å². The van der Waals surface area contributed by atoms with E-state index in [1.165, 1.54) is 4.52 Å². The predicted octanol–water partition coefficient (Wildman–Crippen LogP) is 2.15. The Balaban J connectivity index is 1.95. The van der Waals surface area contributed by atoms with Crippen molar-refractivity contribution in [1.82, 2.24) is 19.6 Å². The summed E-state index contributed by atoms with van der Waals surface area (Å²) >= 11 is 3.36. The van der Waals surface area contributed by atoms with Crippen LogP contribution in [0.5, 0.6) is 5.75 Å². The number of rotatable bonds is 3. The van der Waals surface area contributed by atoms with E-state index in [1.807, 2.05) is 0 Å².